The summed E-state index contributed by atoms with van der Waals surface area (Å²) >= 11 is 0. The van der Waals surface area contributed by atoms with E-state index in [1.807, 2.05) is 0 Å². The fraction of sp³-hybridized carbons (Fsp3) is 0.520. The number of anilines is 1. The van der Waals surface area contributed by atoms with Gasteiger partial charge < -0.3 is 4.90 Å². The summed E-state index contributed by atoms with van der Waals surface area (Å²) in [6.45, 7) is 9.29. The summed E-state index contributed by atoms with van der Waals surface area (Å²) in [7, 11) is 2.33. The van der Waals surface area contributed by atoms with Gasteiger partial charge in [-0.1, -0.05) is 76.9 Å². The quantitative estimate of drug-likeness (QED) is 0.630. The molecule has 0 saturated carbocycles. The van der Waals surface area contributed by atoms with Crippen molar-refractivity contribution in [3.8, 4) is 0 Å². The Morgan fingerprint density at radius 2 is 1.81 bits per heavy atom. The SMILES string of the molecule is CCCC[C@@H]1Cc2ccccc2C2c3cc(C(C)(C)C)ccc3N(C)C21. The van der Waals surface area contributed by atoms with Crippen LogP contribution in [0.1, 0.15) is 75.1 Å². The van der Waals surface area contributed by atoms with Crippen LogP contribution in [0.15, 0.2) is 42.5 Å². The van der Waals surface area contributed by atoms with Crippen molar-refractivity contribution < 1.29 is 0 Å². The minimum absolute atomic E-state index is 0.196. The first kappa shape index (κ1) is 17.6. The van der Waals surface area contributed by atoms with Gasteiger partial charge in [0.1, 0.15) is 0 Å². The predicted octanol–water partition coefficient (Wildman–Crippen LogP) is 6.30. The summed E-state index contributed by atoms with van der Waals surface area (Å²) in [4.78, 5) is 2.60. The lowest BCUT2D eigenvalue weighted by molar-refractivity contribution is 0.338. The Balaban J connectivity index is 1.85. The van der Waals surface area contributed by atoms with E-state index in [1.54, 1.807) is 16.7 Å². The van der Waals surface area contributed by atoms with E-state index in [1.165, 1.54) is 36.9 Å². The number of nitrogens with zero attached hydrogens (tertiary/aromatic N) is 1. The van der Waals surface area contributed by atoms with Gasteiger partial charge in [-0.15, -0.1) is 0 Å². The molecule has 0 fully saturated rings. The first-order valence-electron chi connectivity index (χ1n) is 10.4. The summed E-state index contributed by atoms with van der Waals surface area (Å²) in [5, 5.41) is 0. The molecule has 2 aromatic rings. The van der Waals surface area contributed by atoms with Gasteiger partial charge in [0.25, 0.3) is 0 Å². The lowest BCUT2D eigenvalue weighted by Gasteiger charge is -2.39. The highest BCUT2D eigenvalue weighted by Crippen LogP contribution is 2.52. The monoisotopic (exact) mass is 347 g/mol. The molecule has 0 saturated heterocycles. The average Bonchev–Trinajstić information content (AvgIpc) is 2.92. The Morgan fingerprint density at radius 3 is 2.54 bits per heavy atom. The van der Waals surface area contributed by atoms with E-state index < -0.39 is 0 Å². The Morgan fingerprint density at radius 1 is 1.04 bits per heavy atom. The number of hydrogen-bond donors (Lipinski definition) is 0. The molecule has 0 aromatic heterocycles. The minimum atomic E-state index is 0.196. The fourth-order valence-corrected chi connectivity index (χ4v) is 5.27. The van der Waals surface area contributed by atoms with Crippen molar-refractivity contribution >= 4 is 5.69 Å². The van der Waals surface area contributed by atoms with Crippen LogP contribution >= 0.6 is 0 Å². The molecule has 0 radical (unpaired) electrons. The Hall–Kier alpha value is -1.76. The topological polar surface area (TPSA) is 3.24 Å². The summed E-state index contributed by atoms with van der Waals surface area (Å²) in [5.74, 6) is 1.29. The highest BCUT2D eigenvalue weighted by molar-refractivity contribution is 5.67. The van der Waals surface area contributed by atoms with Crippen LogP contribution in [-0.4, -0.2) is 13.1 Å². The van der Waals surface area contributed by atoms with Crippen molar-refractivity contribution in [2.24, 2.45) is 5.92 Å². The van der Waals surface area contributed by atoms with Gasteiger partial charge >= 0.3 is 0 Å². The molecule has 0 amide bonds. The largest absolute Gasteiger partial charge is 0.370 e. The van der Waals surface area contributed by atoms with Crippen LogP contribution in [0, 0.1) is 5.92 Å². The fourth-order valence-electron chi connectivity index (χ4n) is 5.27. The van der Waals surface area contributed by atoms with Crippen molar-refractivity contribution in [1.29, 1.82) is 0 Å². The molecule has 1 aliphatic carbocycles. The van der Waals surface area contributed by atoms with E-state index >= 15 is 0 Å². The molecule has 1 nitrogen and oxygen atoms in total. The molecule has 2 aliphatic rings. The number of likely N-dealkylation sites (N-methyl/N-ethyl adjacent to an activating group) is 1. The van der Waals surface area contributed by atoms with Crippen LogP contribution in [0.5, 0.6) is 0 Å². The van der Waals surface area contributed by atoms with E-state index in [2.05, 4.69) is 82.1 Å². The number of fused-ring (bicyclic) bond motifs is 5. The molecule has 1 heterocycles. The van der Waals surface area contributed by atoms with Crippen LogP contribution in [-0.2, 0) is 11.8 Å². The van der Waals surface area contributed by atoms with Crippen molar-refractivity contribution in [2.45, 2.75) is 70.8 Å². The molecule has 1 heteroatoms. The molecule has 2 aromatic carbocycles. The standard InChI is InChI=1S/C25H33N/c1-6-7-10-18-15-17-11-8-9-12-20(17)23-21-16-19(25(2,3)4)13-14-22(21)26(5)24(18)23/h8-9,11-14,16,18,23-24H,6-7,10,15H2,1-5H3/t18-,23?,24?/m1/s1. The van der Waals surface area contributed by atoms with Crippen molar-refractivity contribution in [1.82, 2.24) is 0 Å². The second kappa shape index (κ2) is 6.44. The van der Waals surface area contributed by atoms with Gasteiger partial charge in [-0.3, -0.25) is 0 Å². The maximum absolute atomic E-state index is 2.60. The van der Waals surface area contributed by atoms with Crippen LogP contribution in [0.2, 0.25) is 0 Å². The van der Waals surface area contributed by atoms with Crippen LogP contribution in [0.3, 0.4) is 0 Å². The molecule has 1 aliphatic heterocycles. The smallest absolute Gasteiger partial charge is 0.0428 e. The normalized spacial score (nSPS) is 24.2. The third kappa shape index (κ3) is 2.76. The van der Waals surface area contributed by atoms with Gasteiger partial charge in [0, 0.05) is 24.7 Å². The van der Waals surface area contributed by atoms with Gasteiger partial charge in [-0.05, 0) is 52.5 Å². The lowest BCUT2D eigenvalue weighted by atomic mass is 9.70. The molecule has 0 bridgehead atoms. The van der Waals surface area contributed by atoms with Gasteiger partial charge in [0.15, 0.2) is 0 Å². The zero-order valence-electron chi connectivity index (χ0n) is 17.0. The summed E-state index contributed by atoms with van der Waals surface area (Å²) < 4.78 is 0. The Bertz CT molecular complexity index is 798. The molecule has 4 rings (SSSR count). The Kier molecular flexibility index (Phi) is 4.37. The third-order valence-electron chi connectivity index (χ3n) is 6.68. The zero-order valence-corrected chi connectivity index (χ0v) is 17.0. The third-order valence-corrected chi connectivity index (χ3v) is 6.68. The first-order chi connectivity index (χ1) is 12.4. The van der Waals surface area contributed by atoms with Gasteiger partial charge in [0.05, 0.1) is 0 Å². The first-order valence-corrected chi connectivity index (χ1v) is 10.4. The second-order valence-electron chi connectivity index (χ2n) is 9.41. The van der Waals surface area contributed by atoms with Gasteiger partial charge in [0.2, 0.25) is 0 Å². The molecular formula is C25H33N. The minimum Gasteiger partial charge on any atom is -0.370 e. The van der Waals surface area contributed by atoms with Crippen molar-refractivity contribution in [3.63, 3.8) is 0 Å². The van der Waals surface area contributed by atoms with Crippen LogP contribution < -0.4 is 4.90 Å². The maximum Gasteiger partial charge on any atom is 0.0428 e. The second-order valence-corrected chi connectivity index (χ2v) is 9.41. The predicted molar refractivity (Wildman–Crippen MR) is 112 cm³/mol. The Labute approximate surface area is 159 Å². The van der Waals surface area contributed by atoms with Crippen LogP contribution in [0.4, 0.5) is 5.69 Å². The van der Waals surface area contributed by atoms with Crippen LogP contribution in [0.25, 0.3) is 0 Å². The molecule has 0 N–H and O–H groups in total. The van der Waals surface area contributed by atoms with E-state index in [0.717, 1.165) is 5.92 Å². The average molecular weight is 348 g/mol. The van der Waals surface area contributed by atoms with E-state index in [-0.39, 0.29) is 5.41 Å². The van der Waals surface area contributed by atoms with E-state index in [9.17, 15) is 0 Å². The van der Waals surface area contributed by atoms with Gasteiger partial charge in [-0.2, -0.15) is 0 Å². The van der Waals surface area contributed by atoms with Gasteiger partial charge in [-0.25, -0.2) is 0 Å². The van der Waals surface area contributed by atoms with Crippen molar-refractivity contribution in [3.05, 3.63) is 64.7 Å². The molecule has 3 atom stereocenters. The lowest BCUT2D eigenvalue weighted by Crippen LogP contribution is -2.42. The number of rotatable bonds is 3. The van der Waals surface area contributed by atoms with E-state index in [0.29, 0.717) is 12.0 Å². The number of unbranched alkanes of at least 4 members (excludes halogenated alkanes) is 1. The summed E-state index contributed by atoms with van der Waals surface area (Å²) in [6.07, 6.45) is 5.21. The molecule has 2 unspecified atom stereocenters. The number of benzene rings is 2. The summed E-state index contributed by atoms with van der Waals surface area (Å²) in [6, 6.07) is 17.1. The highest BCUT2D eigenvalue weighted by Gasteiger charge is 2.45. The highest BCUT2D eigenvalue weighted by atomic mass is 15.2. The molecule has 138 valence electrons. The molecule has 0 spiro atoms. The molecule has 26 heavy (non-hydrogen) atoms. The van der Waals surface area contributed by atoms with E-state index in [4.69, 9.17) is 0 Å². The van der Waals surface area contributed by atoms with Crippen molar-refractivity contribution in [2.75, 3.05) is 11.9 Å². The summed E-state index contributed by atoms with van der Waals surface area (Å²) in [5.41, 5.74) is 7.81. The number of hydrogen-bond acceptors (Lipinski definition) is 1. The zero-order chi connectivity index (χ0) is 18.5. The maximum atomic E-state index is 2.60. The molecular weight excluding hydrogens is 314 g/mol.